The van der Waals surface area contributed by atoms with Crippen molar-refractivity contribution in [1.29, 1.82) is 0 Å². The topological polar surface area (TPSA) is 53.9 Å². The summed E-state index contributed by atoms with van der Waals surface area (Å²) in [6.07, 6.45) is 5.59. The van der Waals surface area contributed by atoms with Crippen molar-refractivity contribution >= 4 is 5.95 Å². The zero-order valence-electron chi connectivity index (χ0n) is 13.0. The van der Waals surface area contributed by atoms with Gasteiger partial charge in [-0.15, -0.1) is 0 Å². The molecule has 0 aliphatic rings. The van der Waals surface area contributed by atoms with Crippen molar-refractivity contribution in [3.8, 4) is 0 Å². The molecule has 2 heterocycles. The van der Waals surface area contributed by atoms with Crippen molar-refractivity contribution in [2.75, 3.05) is 11.4 Å². The Hall–Kier alpha value is -2.01. The summed E-state index contributed by atoms with van der Waals surface area (Å²) in [5, 5.41) is 3.36. The number of aromatic nitrogens is 3. The molecule has 0 fully saturated rings. The zero-order valence-corrected chi connectivity index (χ0v) is 13.0. The SMILES string of the molecule is CCN(Cc1ccccn1)c1ncc(CNC(C)C)cn1. The van der Waals surface area contributed by atoms with Crippen LogP contribution in [-0.4, -0.2) is 27.5 Å². The van der Waals surface area contributed by atoms with E-state index < -0.39 is 0 Å². The van der Waals surface area contributed by atoms with Gasteiger partial charge in [0.1, 0.15) is 0 Å². The van der Waals surface area contributed by atoms with Gasteiger partial charge in [-0.1, -0.05) is 19.9 Å². The van der Waals surface area contributed by atoms with E-state index in [9.17, 15) is 0 Å². The maximum Gasteiger partial charge on any atom is 0.225 e. The predicted molar refractivity (Wildman–Crippen MR) is 85.0 cm³/mol. The molecule has 5 heteroatoms. The first-order valence-electron chi connectivity index (χ1n) is 7.38. The van der Waals surface area contributed by atoms with E-state index in [4.69, 9.17) is 0 Å². The Bertz CT molecular complexity index is 524. The summed E-state index contributed by atoms with van der Waals surface area (Å²) in [7, 11) is 0. The first-order chi connectivity index (χ1) is 10.2. The second kappa shape index (κ2) is 7.69. The van der Waals surface area contributed by atoms with Crippen molar-refractivity contribution < 1.29 is 0 Å². The molecule has 0 amide bonds. The molecule has 21 heavy (non-hydrogen) atoms. The fraction of sp³-hybridized carbons (Fsp3) is 0.438. The van der Waals surface area contributed by atoms with E-state index in [0.717, 1.165) is 36.8 Å². The van der Waals surface area contributed by atoms with Crippen molar-refractivity contribution in [1.82, 2.24) is 20.3 Å². The lowest BCUT2D eigenvalue weighted by Gasteiger charge is -2.20. The van der Waals surface area contributed by atoms with E-state index in [0.29, 0.717) is 6.04 Å². The molecule has 0 saturated heterocycles. The summed E-state index contributed by atoms with van der Waals surface area (Å²) >= 11 is 0. The lowest BCUT2D eigenvalue weighted by Crippen LogP contribution is -2.25. The van der Waals surface area contributed by atoms with Gasteiger partial charge in [-0.3, -0.25) is 4.98 Å². The van der Waals surface area contributed by atoms with Crippen molar-refractivity contribution in [3.63, 3.8) is 0 Å². The number of anilines is 1. The van der Waals surface area contributed by atoms with Gasteiger partial charge in [0.2, 0.25) is 5.95 Å². The smallest absolute Gasteiger partial charge is 0.225 e. The Labute approximate surface area is 126 Å². The third-order valence-electron chi connectivity index (χ3n) is 3.15. The van der Waals surface area contributed by atoms with E-state index in [1.54, 1.807) is 0 Å². The van der Waals surface area contributed by atoms with Crippen LogP contribution in [0.5, 0.6) is 0 Å². The molecule has 0 saturated carbocycles. The quantitative estimate of drug-likeness (QED) is 0.846. The number of nitrogens with one attached hydrogen (secondary N) is 1. The molecule has 0 spiro atoms. The van der Waals surface area contributed by atoms with Crippen molar-refractivity contribution in [2.45, 2.75) is 39.9 Å². The minimum atomic E-state index is 0.459. The Balaban J connectivity index is 2.01. The Morgan fingerprint density at radius 3 is 2.48 bits per heavy atom. The third-order valence-corrected chi connectivity index (χ3v) is 3.15. The lowest BCUT2D eigenvalue weighted by molar-refractivity contribution is 0.586. The van der Waals surface area contributed by atoms with Gasteiger partial charge in [0, 0.05) is 43.3 Å². The van der Waals surface area contributed by atoms with Crippen LogP contribution < -0.4 is 10.2 Å². The molecule has 0 bridgehead atoms. The summed E-state index contributed by atoms with van der Waals surface area (Å²) in [5.41, 5.74) is 2.12. The Morgan fingerprint density at radius 2 is 1.90 bits per heavy atom. The molecular formula is C16H23N5. The summed E-state index contributed by atoms with van der Waals surface area (Å²) in [4.78, 5) is 15.4. The highest BCUT2D eigenvalue weighted by atomic mass is 15.2. The maximum absolute atomic E-state index is 4.47. The Kier molecular flexibility index (Phi) is 5.63. The van der Waals surface area contributed by atoms with Gasteiger partial charge in [0.15, 0.2) is 0 Å². The fourth-order valence-electron chi connectivity index (χ4n) is 1.94. The van der Waals surface area contributed by atoms with Crippen LogP contribution in [-0.2, 0) is 13.1 Å². The molecule has 0 aromatic carbocycles. The van der Waals surface area contributed by atoms with Crippen LogP contribution in [0, 0.1) is 0 Å². The molecule has 5 nitrogen and oxygen atoms in total. The molecule has 0 radical (unpaired) electrons. The van der Waals surface area contributed by atoms with Crippen LogP contribution in [0.3, 0.4) is 0 Å². The Morgan fingerprint density at radius 1 is 1.14 bits per heavy atom. The van der Waals surface area contributed by atoms with Crippen LogP contribution in [0.1, 0.15) is 32.0 Å². The van der Waals surface area contributed by atoms with Crippen molar-refractivity contribution in [3.05, 3.63) is 48.0 Å². The summed E-state index contributed by atoms with van der Waals surface area (Å²) in [5.74, 6) is 0.747. The number of pyridine rings is 1. The normalized spacial score (nSPS) is 10.9. The molecule has 2 rings (SSSR count). The van der Waals surface area contributed by atoms with Gasteiger partial charge < -0.3 is 10.2 Å². The summed E-state index contributed by atoms with van der Waals surface area (Å²) < 4.78 is 0. The first-order valence-corrected chi connectivity index (χ1v) is 7.38. The first kappa shape index (κ1) is 15.4. The molecule has 112 valence electrons. The minimum Gasteiger partial charge on any atom is -0.335 e. The van der Waals surface area contributed by atoms with Crippen LogP contribution in [0.2, 0.25) is 0 Å². The molecule has 0 aliphatic heterocycles. The van der Waals surface area contributed by atoms with Gasteiger partial charge in [0.05, 0.1) is 12.2 Å². The highest BCUT2D eigenvalue weighted by Gasteiger charge is 2.09. The average Bonchev–Trinajstić information content (AvgIpc) is 2.52. The highest BCUT2D eigenvalue weighted by molar-refractivity contribution is 5.30. The largest absolute Gasteiger partial charge is 0.335 e. The van der Waals surface area contributed by atoms with Gasteiger partial charge in [-0.05, 0) is 19.1 Å². The van der Waals surface area contributed by atoms with Crippen LogP contribution in [0.4, 0.5) is 5.95 Å². The molecule has 1 N–H and O–H groups in total. The van der Waals surface area contributed by atoms with Crippen molar-refractivity contribution in [2.24, 2.45) is 0 Å². The van der Waals surface area contributed by atoms with Gasteiger partial charge >= 0.3 is 0 Å². The van der Waals surface area contributed by atoms with Crippen LogP contribution >= 0.6 is 0 Å². The zero-order chi connectivity index (χ0) is 15.1. The van der Waals surface area contributed by atoms with E-state index >= 15 is 0 Å². The molecule has 0 unspecified atom stereocenters. The summed E-state index contributed by atoms with van der Waals surface area (Å²) in [6.45, 7) is 8.72. The van der Waals surface area contributed by atoms with E-state index in [-0.39, 0.29) is 0 Å². The van der Waals surface area contributed by atoms with Crippen LogP contribution in [0.15, 0.2) is 36.8 Å². The fourth-order valence-corrected chi connectivity index (χ4v) is 1.94. The number of hydrogen-bond donors (Lipinski definition) is 1. The van der Waals surface area contributed by atoms with Gasteiger partial charge in [0.25, 0.3) is 0 Å². The average molecular weight is 285 g/mol. The second-order valence-electron chi connectivity index (χ2n) is 5.26. The van der Waals surface area contributed by atoms with Gasteiger partial charge in [-0.2, -0.15) is 0 Å². The molecule has 0 aliphatic carbocycles. The molecule has 0 atom stereocenters. The molecular weight excluding hydrogens is 262 g/mol. The van der Waals surface area contributed by atoms with Gasteiger partial charge in [-0.25, -0.2) is 9.97 Å². The standard InChI is InChI=1S/C16H23N5/c1-4-21(12-15-7-5-6-8-17-15)16-19-10-14(11-20-16)9-18-13(2)3/h5-8,10-11,13,18H,4,9,12H2,1-3H3. The number of hydrogen-bond acceptors (Lipinski definition) is 5. The predicted octanol–water partition coefficient (Wildman–Crippen LogP) is 2.40. The monoisotopic (exact) mass is 285 g/mol. The van der Waals surface area contributed by atoms with Crippen LogP contribution in [0.25, 0.3) is 0 Å². The number of nitrogens with zero attached hydrogens (tertiary/aromatic N) is 4. The van der Waals surface area contributed by atoms with E-state index in [1.807, 2.05) is 36.8 Å². The maximum atomic E-state index is 4.47. The molecule has 2 aromatic heterocycles. The highest BCUT2D eigenvalue weighted by Crippen LogP contribution is 2.10. The third kappa shape index (κ3) is 4.79. The molecule has 2 aromatic rings. The lowest BCUT2D eigenvalue weighted by atomic mass is 10.3. The van der Waals surface area contributed by atoms with E-state index in [2.05, 4.69) is 45.9 Å². The van der Waals surface area contributed by atoms with E-state index in [1.165, 1.54) is 0 Å². The second-order valence-corrected chi connectivity index (χ2v) is 5.26. The summed E-state index contributed by atoms with van der Waals surface area (Å²) in [6, 6.07) is 6.40. The minimum absolute atomic E-state index is 0.459. The number of rotatable bonds is 7.